The lowest BCUT2D eigenvalue weighted by molar-refractivity contribution is -0.346. The Labute approximate surface area is 227 Å². The van der Waals surface area contributed by atoms with Crippen molar-refractivity contribution >= 4 is 18.0 Å². The number of amides is 1. The van der Waals surface area contributed by atoms with Gasteiger partial charge in [0.1, 0.15) is 18.2 Å². The van der Waals surface area contributed by atoms with E-state index in [1.54, 1.807) is 6.08 Å². The minimum atomic E-state index is -0.910. The van der Waals surface area contributed by atoms with Crippen LogP contribution in [0.4, 0.5) is 0 Å². The van der Waals surface area contributed by atoms with Gasteiger partial charge in [-0.3, -0.25) is 4.79 Å². The van der Waals surface area contributed by atoms with Gasteiger partial charge in [-0.25, -0.2) is 4.79 Å². The molecule has 6 atom stereocenters. The fourth-order valence-corrected chi connectivity index (χ4v) is 4.68. The van der Waals surface area contributed by atoms with Crippen molar-refractivity contribution in [3.05, 3.63) is 114 Å². The summed E-state index contributed by atoms with van der Waals surface area (Å²) in [7, 11) is 0. The Morgan fingerprint density at radius 1 is 0.923 bits per heavy atom. The summed E-state index contributed by atoms with van der Waals surface area (Å²) < 4.78 is 30.7. The van der Waals surface area contributed by atoms with Gasteiger partial charge in [0, 0.05) is 18.6 Å². The normalized spacial score (nSPS) is 26.5. The van der Waals surface area contributed by atoms with Gasteiger partial charge in [0.2, 0.25) is 5.91 Å². The van der Waals surface area contributed by atoms with Crippen LogP contribution >= 0.6 is 0 Å². The third kappa shape index (κ3) is 6.99. The first-order valence-corrected chi connectivity index (χ1v) is 12.9. The maximum atomic E-state index is 13.0. The number of ether oxygens (including phenoxy) is 5. The molecule has 202 valence electrons. The minimum Gasteiger partial charge on any atom is -0.454 e. The van der Waals surface area contributed by atoms with E-state index in [-0.39, 0.29) is 19.1 Å². The van der Waals surface area contributed by atoms with Crippen molar-refractivity contribution in [2.24, 2.45) is 0 Å². The summed E-state index contributed by atoms with van der Waals surface area (Å²) in [5.74, 6) is -0.893. The zero-order valence-electron chi connectivity index (χ0n) is 21.6. The zero-order chi connectivity index (χ0) is 27.0. The highest BCUT2D eigenvalue weighted by molar-refractivity contribution is 5.87. The average molecular weight is 530 g/mol. The number of hydrogen-bond acceptors (Lipinski definition) is 7. The SMILES string of the molecule is CC(=O)NC1C(OCc2ccccc2)OC2COC(c3ccccc3)OC2C1OC(=O)/C=C/c1ccccc1. The molecule has 6 unspecified atom stereocenters. The molecule has 2 aliphatic heterocycles. The fourth-order valence-electron chi connectivity index (χ4n) is 4.68. The molecule has 0 radical (unpaired) electrons. The molecule has 0 saturated carbocycles. The Bertz CT molecular complexity index is 1250. The summed E-state index contributed by atoms with van der Waals surface area (Å²) in [5, 5.41) is 2.87. The van der Waals surface area contributed by atoms with Crippen molar-refractivity contribution in [2.45, 2.75) is 50.5 Å². The van der Waals surface area contributed by atoms with Crippen LogP contribution in [0.2, 0.25) is 0 Å². The lowest BCUT2D eigenvalue weighted by atomic mass is 9.95. The van der Waals surface area contributed by atoms with Crippen LogP contribution in [0.1, 0.15) is 29.9 Å². The number of rotatable bonds is 8. The van der Waals surface area contributed by atoms with E-state index in [2.05, 4.69) is 5.32 Å². The van der Waals surface area contributed by atoms with E-state index in [0.29, 0.717) is 0 Å². The first-order valence-electron chi connectivity index (χ1n) is 12.9. The van der Waals surface area contributed by atoms with Gasteiger partial charge in [-0.1, -0.05) is 91.0 Å². The molecule has 0 spiro atoms. The molecule has 0 bridgehead atoms. The highest BCUT2D eigenvalue weighted by Crippen LogP contribution is 2.36. The van der Waals surface area contributed by atoms with Gasteiger partial charge in [0.25, 0.3) is 0 Å². The Balaban J connectivity index is 1.40. The van der Waals surface area contributed by atoms with Gasteiger partial charge in [-0.2, -0.15) is 0 Å². The van der Waals surface area contributed by atoms with E-state index in [1.807, 2.05) is 91.0 Å². The van der Waals surface area contributed by atoms with Crippen LogP contribution in [0.5, 0.6) is 0 Å². The summed E-state index contributed by atoms with van der Waals surface area (Å²) in [6, 6.07) is 27.7. The molecule has 2 aliphatic rings. The van der Waals surface area contributed by atoms with Crippen LogP contribution in [0.15, 0.2) is 97.1 Å². The standard InChI is InChI=1S/C31H31NO7/c1-21(33)32-27-29(38-26(34)18-17-22-11-5-2-6-12-22)28-25(20-36-30(39-28)24-15-9-4-10-16-24)37-31(27)35-19-23-13-7-3-8-14-23/h2-18,25,27-31H,19-20H2,1H3,(H,32,33)/b18-17+. The van der Waals surface area contributed by atoms with Crippen LogP contribution in [-0.4, -0.2) is 49.1 Å². The van der Waals surface area contributed by atoms with Crippen molar-refractivity contribution < 1.29 is 33.3 Å². The van der Waals surface area contributed by atoms with Crippen molar-refractivity contribution in [3.63, 3.8) is 0 Å². The molecule has 39 heavy (non-hydrogen) atoms. The van der Waals surface area contributed by atoms with E-state index in [4.69, 9.17) is 23.7 Å². The Morgan fingerprint density at radius 2 is 1.59 bits per heavy atom. The molecular formula is C31H31NO7. The van der Waals surface area contributed by atoms with E-state index >= 15 is 0 Å². The first-order chi connectivity index (χ1) is 19.1. The molecule has 3 aromatic rings. The van der Waals surface area contributed by atoms with Crippen LogP contribution in [-0.2, 0) is 39.9 Å². The van der Waals surface area contributed by atoms with Crippen LogP contribution in [0.25, 0.3) is 6.08 Å². The first kappa shape index (κ1) is 26.8. The predicted molar refractivity (Wildman–Crippen MR) is 143 cm³/mol. The maximum absolute atomic E-state index is 13.0. The summed E-state index contributed by atoms with van der Waals surface area (Å²) in [6.07, 6.45) is -0.773. The number of fused-ring (bicyclic) bond motifs is 1. The lowest BCUT2D eigenvalue weighted by Gasteiger charge is -2.48. The van der Waals surface area contributed by atoms with Gasteiger partial charge >= 0.3 is 5.97 Å². The Kier molecular flexibility index (Phi) is 8.80. The largest absolute Gasteiger partial charge is 0.454 e. The second-order valence-corrected chi connectivity index (χ2v) is 9.39. The van der Waals surface area contributed by atoms with Crippen molar-refractivity contribution in [2.75, 3.05) is 6.61 Å². The number of nitrogens with one attached hydrogen (secondary N) is 1. The van der Waals surface area contributed by atoms with Gasteiger partial charge in [-0.15, -0.1) is 0 Å². The van der Waals surface area contributed by atoms with Crippen LogP contribution < -0.4 is 5.32 Å². The van der Waals surface area contributed by atoms with Gasteiger partial charge < -0.3 is 29.0 Å². The van der Waals surface area contributed by atoms with E-state index in [9.17, 15) is 9.59 Å². The molecule has 5 rings (SSSR count). The van der Waals surface area contributed by atoms with Gasteiger partial charge in [-0.05, 0) is 17.2 Å². The summed E-state index contributed by atoms with van der Waals surface area (Å²) in [6.45, 7) is 1.82. The molecule has 1 N–H and O–H groups in total. The van der Waals surface area contributed by atoms with Gasteiger partial charge in [0.15, 0.2) is 18.7 Å². The maximum Gasteiger partial charge on any atom is 0.331 e. The lowest BCUT2D eigenvalue weighted by Crippen LogP contribution is -2.67. The molecule has 3 aromatic carbocycles. The average Bonchev–Trinajstić information content (AvgIpc) is 2.97. The Hall–Kier alpha value is -3.82. The molecule has 8 heteroatoms. The van der Waals surface area contributed by atoms with Gasteiger partial charge in [0.05, 0.1) is 13.2 Å². The fraction of sp³-hybridized carbons (Fsp3) is 0.290. The molecule has 2 fully saturated rings. The predicted octanol–water partition coefficient (Wildman–Crippen LogP) is 4.17. The number of carbonyl (C=O) groups is 2. The van der Waals surface area contributed by atoms with E-state index in [0.717, 1.165) is 16.7 Å². The molecule has 2 saturated heterocycles. The highest BCUT2D eigenvalue weighted by atomic mass is 16.8. The molecule has 1 amide bonds. The molecular weight excluding hydrogens is 498 g/mol. The summed E-state index contributed by atoms with van der Waals surface area (Å²) in [5.41, 5.74) is 2.61. The quantitative estimate of drug-likeness (QED) is 0.346. The van der Waals surface area contributed by atoms with E-state index in [1.165, 1.54) is 13.0 Å². The molecule has 0 aromatic heterocycles. The molecule has 2 heterocycles. The second kappa shape index (κ2) is 12.8. The zero-order valence-corrected chi connectivity index (χ0v) is 21.6. The summed E-state index contributed by atoms with van der Waals surface area (Å²) in [4.78, 5) is 25.3. The third-order valence-corrected chi connectivity index (χ3v) is 6.50. The highest BCUT2D eigenvalue weighted by Gasteiger charge is 2.52. The molecule has 8 nitrogen and oxygen atoms in total. The second-order valence-electron chi connectivity index (χ2n) is 9.39. The number of carbonyl (C=O) groups excluding carboxylic acids is 2. The minimum absolute atomic E-state index is 0.191. The topological polar surface area (TPSA) is 92.3 Å². The monoisotopic (exact) mass is 529 g/mol. The van der Waals surface area contributed by atoms with E-state index < -0.39 is 42.9 Å². The van der Waals surface area contributed by atoms with Crippen LogP contribution in [0, 0.1) is 0 Å². The third-order valence-electron chi connectivity index (χ3n) is 6.50. The summed E-state index contributed by atoms with van der Waals surface area (Å²) >= 11 is 0. The number of benzene rings is 3. The van der Waals surface area contributed by atoms with Crippen molar-refractivity contribution in [1.29, 1.82) is 0 Å². The smallest absolute Gasteiger partial charge is 0.331 e. The number of hydrogen-bond donors (Lipinski definition) is 1. The molecule has 0 aliphatic carbocycles. The van der Waals surface area contributed by atoms with Crippen molar-refractivity contribution in [3.8, 4) is 0 Å². The van der Waals surface area contributed by atoms with Crippen molar-refractivity contribution in [1.82, 2.24) is 5.32 Å². The van der Waals surface area contributed by atoms with Crippen LogP contribution in [0.3, 0.4) is 0 Å². The number of esters is 1. The Morgan fingerprint density at radius 3 is 2.28 bits per heavy atom.